The lowest BCUT2D eigenvalue weighted by Crippen LogP contribution is -2.18. The van der Waals surface area contributed by atoms with E-state index in [1.54, 1.807) is 6.07 Å². The second-order valence-corrected chi connectivity index (χ2v) is 7.28. The number of benzene rings is 2. The van der Waals surface area contributed by atoms with Crippen molar-refractivity contribution >= 4 is 33.2 Å². The van der Waals surface area contributed by atoms with E-state index in [4.69, 9.17) is 16.3 Å². The molecule has 5 nitrogen and oxygen atoms in total. The van der Waals surface area contributed by atoms with E-state index in [0.717, 1.165) is 21.4 Å². The summed E-state index contributed by atoms with van der Waals surface area (Å²) in [5, 5.41) is 7.20. The Morgan fingerprint density at radius 1 is 1.19 bits per heavy atom. The predicted octanol–water partition coefficient (Wildman–Crippen LogP) is 4.63. The van der Waals surface area contributed by atoms with E-state index < -0.39 is 0 Å². The van der Waals surface area contributed by atoms with Gasteiger partial charge in [0.2, 0.25) is 0 Å². The Hall–Kier alpha value is -2.31. The minimum absolute atomic E-state index is 0.229. The van der Waals surface area contributed by atoms with E-state index in [1.165, 1.54) is 6.07 Å². The van der Waals surface area contributed by atoms with Crippen LogP contribution >= 0.6 is 27.5 Å². The van der Waals surface area contributed by atoms with Crippen LogP contribution in [0.1, 0.15) is 11.3 Å². The molecule has 0 atom stereocenters. The second kappa shape index (κ2) is 7.93. The van der Waals surface area contributed by atoms with Gasteiger partial charge in [0.15, 0.2) is 0 Å². The van der Waals surface area contributed by atoms with Crippen LogP contribution in [-0.4, -0.2) is 24.3 Å². The average Bonchev–Trinajstić information content (AvgIpc) is 2.59. The first-order valence-electron chi connectivity index (χ1n) is 7.90. The van der Waals surface area contributed by atoms with Crippen molar-refractivity contribution in [1.29, 1.82) is 0 Å². The SMILES string of the molecule is CN(C)c1cc(=O)[nH]nc1Cc1ccc(Cl)c(Oc2cccc(Br)c2)c1. The molecule has 0 radical (unpaired) electrons. The molecule has 0 spiro atoms. The summed E-state index contributed by atoms with van der Waals surface area (Å²) in [5.41, 5.74) is 2.29. The monoisotopic (exact) mass is 433 g/mol. The van der Waals surface area contributed by atoms with Crippen molar-refractivity contribution in [2.45, 2.75) is 6.42 Å². The first-order valence-corrected chi connectivity index (χ1v) is 9.07. The van der Waals surface area contributed by atoms with E-state index in [1.807, 2.05) is 55.4 Å². The lowest BCUT2D eigenvalue weighted by Gasteiger charge is -2.16. The van der Waals surface area contributed by atoms with Gasteiger partial charge < -0.3 is 9.64 Å². The highest BCUT2D eigenvalue weighted by molar-refractivity contribution is 9.10. The number of rotatable bonds is 5. The summed E-state index contributed by atoms with van der Waals surface area (Å²) in [6, 6.07) is 14.7. The Kier molecular flexibility index (Phi) is 5.64. The highest BCUT2D eigenvalue weighted by atomic mass is 79.9. The molecule has 1 aromatic heterocycles. The van der Waals surface area contributed by atoms with Crippen LogP contribution in [0.25, 0.3) is 0 Å². The fourth-order valence-corrected chi connectivity index (χ4v) is 3.06. The Labute approximate surface area is 164 Å². The van der Waals surface area contributed by atoms with E-state index in [-0.39, 0.29) is 5.56 Å². The largest absolute Gasteiger partial charge is 0.456 e. The van der Waals surface area contributed by atoms with Gasteiger partial charge in [-0.15, -0.1) is 0 Å². The molecule has 1 heterocycles. The zero-order valence-electron chi connectivity index (χ0n) is 14.3. The van der Waals surface area contributed by atoms with Crippen LogP contribution in [-0.2, 0) is 6.42 Å². The van der Waals surface area contributed by atoms with E-state index in [2.05, 4.69) is 26.1 Å². The molecular formula is C19H17BrClN3O2. The first kappa shape index (κ1) is 18.5. The number of aromatic nitrogens is 2. The Bertz CT molecular complexity index is 989. The van der Waals surface area contributed by atoms with Crippen LogP contribution in [0.4, 0.5) is 5.69 Å². The topological polar surface area (TPSA) is 58.2 Å². The Morgan fingerprint density at radius 3 is 2.73 bits per heavy atom. The zero-order chi connectivity index (χ0) is 18.7. The third-order valence-corrected chi connectivity index (χ3v) is 4.54. The van der Waals surface area contributed by atoms with Crippen molar-refractivity contribution in [1.82, 2.24) is 10.2 Å². The van der Waals surface area contributed by atoms with Gasteiger partial charge >= 0.3 is 0 Å². The molecule has 2 aromatic carbocycles. The standard InChI is InChI=1S/C19H17BrClN3O2/c1-24(2)17-11-19(25)23-22-16(17)8-12-6-7-15(21)18(9-12)26-14-5-3-4-13(20)10-14/h3-7,9-11H,8H2,1-2H3,(H,23,25). The summed E-state index contributed by atoms with van der Waals surface area (Å²) < 4.78 is 6.84. The summed E-state index contributed by atoms with van der Waals surface area (Å²) in [4.78, 5) is 13.4. The van der Waals surface area contributed by atoms with Crippen molar-refractivity contribution in [3.8, 4) is 11.5 Å². The molecule has 3 rings (SSSR count). The van der Waals surface area contributed by atoms with Crippen molar-refractivity contribution in [3.63, 3.8) is 0 Å². The number of halogens is 2. The third-order valence-electron chi connectivity index (χ3n) is 3.74. The highest BCUT2D eigenvalue weighted by Crippen LogP contribution is 2.32. The highest BCUT2D eigenvalue weighted by Gasteiger charge is 2.11. The third kappa shape index (κ3) is 4.45. The molecule has 0 unspecified atom stereocenters. The molecule has 1 N–H and O–H groups in total. The molecule has 0 saturated heterocycles. The number of nitrogens with one attached hydrogen (secondary N) is 1. The second-order valence-electron chi connectivity index (χ2n) is 5.96. The Morgan fingerprint density at radius 2 is 2.00 bits per heavy atom. The minimum atomic E-state index is -0.229. The fourth-order valence-electron chi connectivity index (χ4n) is 2.52. The molecular weight excluding hydrogens is 418 g/mol. The molecule has 0 fully saturated rings. The number of ether oxygens (including phenoxy) is 1. The molecule has 0 aliphatic rings. The van der Waals surface area contributed by atoms with Gasteiger partial charge in [-0.05, 0) is 35.9 Å². The molecule has 0 aliphatic heterocycles. The number of anilines is 1. The molecule has 7 heteroatoms. The van der Waals surface area contributed by atoms with Crippen LogP contribution in [0.5, 0.6) is 11.5 Å². The number of aromatic amines is 1. The number of H-pyrrole nitrogens is 1. The maximum Gasteiger partial charge on any atom is 0.266 e. The zero-order valence-corrected chi connectivity index (χ0v) is 16.6. The molecule has 0 bridgehead atoms. The van der Waals surface area contributed by atoms with E-state index in [0.29, 0.717) is 22.9 Å². The van der Waals surface area contributed by atoms with Gasteiger partial charge in [-0.25, -0.2) is 5.10 Å². The molecule has 0 saturated carbocycles. The van der Waals surface area contributed by atoms with Gasteiger partial charge in [0.25, 0.3) is 5.56 Å². The smallest absolute Gasteiger partial charge is 0.266 e. The fraction of sp³-hybridized carbons (Fsp3) is 0.158. The van der Waals surface area contributed by atoms with Gasteiger partial charge in [0.1, 0.15) is 11.5 Å². The quantitative estimate of drug-likeness (QED) is 0.636. The van der Waals surface area contributed by atoms with Gasteiger partial charge in [-0.2, -0.15) is 5.10 Å². The maximum atomic E-state index is 11.5. The normalized spacial score (nSPS) is 10.6. The lowest BCUT2D eigenvalue weighted by molar-refractivity contribution is 0.482. The van der Waals surface area contributed by atoms with Gasteiger partial charge in [-0.1, -0.05) is 39.7 Å². The number of nitrogens with zero attached hydrogens (tertiary/aromatic N) is 2. The molecule has 26 heavy (non-hydrogen) atoms. The molecule has 0 aliphatic carbocycles. The van der Waals surface area contributed by atoms with Crippen molar-refractivity contribution in [2.75, 3.05) is 19.0 Å². The van der Waals surface area contributed by atoms with Crippen LogP contribution in [0, 0.1) is 0 Å². The first-order chi connectivity index (χ1) is 12.4. The maximum absolute atomic E-state index is 11.5. The number of hydrogen-bond acceptors (Lipinski definition) is 4. The predicted molar refractivity (Wildman–Crippen MR) is 108 cm³/mol. The van der Waals surface area contributed by atoms with Gasteiger partial charge in [0, 0.05) is 31.1 Å². The van der Waals surface area contributed by atoms with Crippen LogP contribution < -0.4 is 15.2 Å². The summed E-state index contributed by atoms with van der Waals surface area (Å²) in [7, 11) is 3.76. The van der Waals surface area contributed by atoms with E-state index in [9.17, 15) is 4.79 Å². The minimum Gasteiger partial charge on any atom is -0.456 e. The lowest BCUT2D eigenvalue weighted by atomic mass is 10.1. The van der Waals surface area contributed by atoms with Gasteiger partial charge in [0.05, 0.1) is 16.4 Å². The summed E-state index contributed by atoms with van der Waals surface area (Å²) in [6.07, 6.45) is 0.538. The summed E-state index contributed by atoms with van der Waals surface area (Å²) >= 11 is 9.71. The average molecular weight is 435 g/mol. The number of hydrogen-bond donors (Lipinski definition) is 1. The van der Waals surface area contributed by atoms with Crippen molar-refractivity contribution < 1.29 is 4.74 Å². The summed E-state index contributed by atoms with van der Waals surface area (Å²) in [5.74, 6) is 1.26. The molecule has 3 aromatic rings. The van der Waals surface area contributed by atoms with Crippen molar-refractivity contribution in [3.05, 3.63) is 79.6 Å². The van der Waals surface area contributed by atoms with Crippen LogP contribution in [0.2, 0.25) is 5.02 Å². The van der Waals surface area contributed by atoms with E-state index >= 15 is 0 Å². The van der Waals surface area contributed by atoms with Gasteiger partial charge in [-0.3, -0.25) is 4.79 Å². The summed E-state index contributed by atoms with van der Waals surface area (Å²) in [6.45, 7) is 0. The molecule has 0 amide bonds. The molecule has 134 valence electrons. The Balaban J connectivity index is 1.90. The van der Waals surface area contributed by atoms with Crippen LogP contribution in [0.3, 0.4) is 0 Å². The van der Waals surface area contributed by atoms with Crippen molar-refractivity contribution in [2.24, 2.45) is 0 Å². The van der Waals surface area contributed by atoms with Crippen LogP contribution in [0.15, 0.2) is 57.8 Å².